The van der Waals surface area contributed by atoms with E-state index in [1.807, 2.05) is 37.3 Å². The lowest BCUT2D eigenvalue weighted by molar-refractivity contribution is 0.347. The van der Waals surface area contributed by atoms with Gasteiger partial charge >= 0.3 is 0 Å². The number of aliphatic imine (C=N–C) groups is 1. The Kier molecular flexibility index (Phi) is 8.33. The van der Waals surface area contributed by atoms with Gasteiger partial charge in [0.25, 0.3) is 0 Å². The van der Waals surface area contributed by atoms with Crippen LogP contribution in [0.5, 0.6) is 17.2 Å². The highest BCUT2D eigenvalue weighted by atomic mass is 127. The Balaban J connectivity index is 0.00000312. The number of hydrogen-bond donors (Lipinski definition) is 2. The lowest BCUT2D eigenvalue weighted by Gasteiger charge is -2.13. The van der Waals surface area contributed by atoms with Gasteiger partial charge in [-0.05, 0) is 25.1 Å². The van der Waals surface area contributed by atoms with Gasteiger partial charge in [0.15, 0.2) is 17.5 Å². The number of hydrogen-bond acceptors (Lipinski definition) is 4. The molecule has 0 fully saturated rings. The van der Waals surface area contributed by atoms with Gasteiger partial charge in [0.2, 0.25) is 0 Å². The van der Waals surface area contributed by atoms with Crippen LogP contribution in [0.4, 0.5) is 5.69 Å². The van der Waals surface area contributed by atoms with Gasteiger partial charge in [-0.3, -0.25) is 0 Å². The summed E-state index contributed by atoms with van der Waals surface area (Å²) < 4.78 is 16.0. The van der Waals surface area contributed by atoms with Crippen molar-refractivity contribution in [2.75, 3.05) is 26.6 Å². The fourth-order valence-corrected chi connectivity index (χ4v) is 2.21. The molecule has 0 aliphatic carbocycles. The van der Waals surface area contributed by atoms with Gasteiger partial charge in [-0.2, -0.15) is 0 Å². The summed E-state index contributed by atoms with van der Waals surface area (Å²) in [7, 11) is 4.77. The zero-order valence-corrected chi connectivity index (χ0v) is 17.2. The number of benzene rings is 2. The van der Waals surface area contributed by atoms with Crippen molar-refractivity contribution in [2.24, 2.45) is 10.7 Å². The third-order valence-corrected chi connectivity index (χ3v) is 3.53. The number of methoxy groups -OCH3 is 3. The van der Waals surface area contributed by atoms with Crippen LogP contribution in [0.3, 0.4) is 0 Å². The van der Waals surface area contributed by atoms with Crippen LogP contribution in [0.1, 0.15) is 11.1 Å². The van der Waals surface area contributed by atoms with Crippen molar-refractivity contribution >= 4 is 35.6 Å². The molecule has 0 heterocycles. The number of nitrogens with zero attached hydrogens (tertiary/aromatic N) is 1. The molecule has 136 valence electrons. The summed E-state index contributed by atoms with van der Waals surface area (Å²) >= 11 is 0. The number of ether oxygens (including phenoxy) is 3. The summed E-state index contributed by atoms with van der Waals surface area (Å²) in [6.45, 7) is 2.39. The summed E-state index contributed by atoms with van der Waals surface area (Å²) in [6.07, 6.45) is 0. The normalized spacial score (nSPS) is 10.6. The molecule has 6 nitrogen and oxygen atoms in total. The van der Waals surface area contributed by atoms with Crippen molar-refractivity contribution in [3.8, 4) is 17.2 Å². The quantitative estimate of drug-likeness (QED) is 0.394. The van der Waals surface area contributed by atoms with Crippen molar-refractivity contribution < 1.29 is 14.2 Å². The smallest absolute Gasteiger partial charge is 0.193 e. The molecule has 0 saturated carbocycles. The van der Waals surface area contributed by atoms with Crippen LogP contribution in [0.25, 0.3) is 0 Å². The Hall–Kier alpha value is -2.16. The minimum atomic E-state index is 0. The van der Waals surface area contributed by atoms with Crippen LogP contribution in [-0.2, 0) is 6.54 Å². The van der Waals surface area contributed by atoms with E-state index >= 15 is 0 Å². The molecule has 0 spiro atoms. The van der Waals surface area contributed by atoms with Gasteiger partial charge in [-0.15, -0.1) is 24.0 Å². The first-order chi connectivity index (χ1) is 11.6. The number of aryl methyl sites for hydroxylation is 1. The summed E-state index contributed by atoms with van der Waals surface area (Å²) in [6, 6.07) is 11.5. The maximum absolute atomic E-state index is 5.95. The molecule has 7 heteroatoms. The van der Waals surface area contributed by atoms with Gasteiger partial charge in [0, 0.05) is 17.3 Å². The number of rotatable bonds is 6. The van der Waals surface area contributed by atoms with Crippen molar-refractivity contribution in [3.05, 3.63) is 47.5 Å². The SMILES string of the molecule is COc1cc(OC)c(OC)cc1CN=C(N)Nc1ccc(C)cc1.I. The first kappa shape index (κ1) is 20.9. The average molecular weight is 457 g/mol. The number of nitrogens with one attached hydrogen (secondary N) is 1. The first-order valence-electron chi connectivity index (χ1n) is 7.50. The molecule has 2 aromatic rings. The molecule has 2 aromatic carbocycles. The topological polar surface area (TPSA) is 78.1 Å². The zero-order chi connectivity index (χ0) is 17.5. The van der Waals surface area contributed by atoms with Gasteiger partial charge in [0.05, 0.1) is 27.9 Å². The third-order valence-electron chi connectivity index (χ3n) is 3.53. The van der Waals surface area contributed by atoms with Crippen LogP contribution in [0.2, 0.25) is 0 Å². The summed E-state index contributed by atoms with van der Waals surface area (Å²) in [5, 5.41) is 3.06. The second-order valence-corrected chi connectivity index (χ2v) is 5.21. The predicted molar refractivity (Wildman–Crippen MR) is 112 cm³/mol. The van der Waals surface area contributed by atoms with Crippen molar-refractivity contribution in [3.63, 3.8) is 0 Å². The van der Waals surface area contributed by atoms with E-state index in [2.05, 4.69) is 10.3 Å². The molecule has 0 radical (unpaired) electrons. The molecule has 25 heavy (non-hydrogen) atoms. The summed E-state index contributed by atoms with van der Waals surface area (Å²) in [5.41, 5.74) is 8.88. The summed E-state index contributed by atoms with van der Waals surface area (Å²) in [4.78, 5) is 4.36. The maximum Gasteiger partial charge on any atom is 0.193 e. The average Bonchev–Trinajstić information content (AvgIpc) is 2.61. The number of halogens is 1. The Morgan fingerprint density at radius 2 is 1.52 bits per heavy atom. The van der Waals surface area contributed by atoms with Gasteiger partial charge in [-0.25, -0.2) is 4.99 Å². The Morgan fingerprint density at radius 3 is 2.08 bits per heavy atom. The molecule has 0 unspecified atom stereocenters. The van der Waals surface area contributed by atoms with Crippen LogP contribution in [0.15, 0.2) is 41.4 Å². The van der Waals surface area contributed by atoms with Gasteiger partial charge in [0.1, 0.15) is 5.75 Å². The van der Waals surface area contributed by atoms with Gasteiger partial charge < -0.3 is 25.3 Å². The van der Waals surface area contributed by atoms with E-state index in [1.54, 1.807) is 27.4 Å². The second-order valence-electron chi connectivity index (χ2n) is 5.21. The number of guanidine groups is 1. The van der Waals surface area contributed by atoms with Crippen LogP contribution in [0, 0.1) is 6.92 Å². The molecular weight excluding hydrogens is 433 g/mol. The number of anilines is 1. The third kappa shape index (κ3) is 5.70. The van der Waals surface area contributed by atoms with E-state index < -0.39 is 0 Å². The molecule has 0 aliphatic heterocycles. The number of nitrogens with two attached hydrogens (primary N) is 1. The standard InChI is InChI=1S/C18H23N3O3.HI/c1-12-5-7-14(8-6-12)21-18(19)20-11-13-9-16(23-3)17(24-4)10-15(13)22-2;/h5-10H,11H2,1-4H3,(H3,19,20,21);1H. The zero-order valence-electron chi connectivity index (χ0n) is 14.8. The van der Waals surface area contributed by atoms with Gasteiger partial charge in [-0.1, -0.05) is 17.7 Å². The van der Waals surface area contributed by atoms with Crippen molar-refractivity contribution in [2.45, 2.75) is 13.5 Å². The fraction of sp³-hybridized carbons (Fsp3) is 0.278. The van der Waals surface area contributed by atoms with E-state index in [-0.39, 0.29) is 24.0 Å². The maximum atomic E-state index is 5.95. The Labute approximate surface area is 165 Å². The predicted octanol–water partition coefficient (Wildman–Crippen LogP) is 3.57. The Morgan fingerprint density at radius 1 is 0.960 bits per heavy atom. The fourth-order valence-electron chi connectivity index (χ4n) is 2.21. The molecule has 0 amide bonds. The highest BCUT2D eigenvalue weighted by Crippen LogP contribution is 2.34. The molecule has 3 N–H and O–H groups in total. The van der Waals surface area contributed by atoms with Crippen LogP contribution < -0.4 is 25.3 Å². The van der Waals surface area contributed by atoms with Crippen LogP contribution in [-0.4, -0.2) is 27.3 Å². The van der Waals surface area contributed by atoms with E-state index in [0.717, 1.165) is 11.3 Å². The molecule has 0 bridgehead atoms. The molecule has 2 rings (SSSR count). The minimum absolute atomic E-state index is 0. The largest absolute Gasteiger partial charge is 0.496 e. The Bertz CT molecular complexity index is 718. The van der Waals surface area contributed by atoms with E-state index in [1.165, 1.54) is 5.56 Å². The lowest BCUT2D eigenvalue weighted by atomic mass is 10.1. The van der Waals surface area contributed by atoms with E-state index in [4.69, 9.17) is 19.9 Å². The monoisotopic (exact) mass is 457 g/mol. The van der Waals surface area contributed by atoms with Crippen molar-refractivity contribution in [1.82, 2.24) is 0 Å². The molecule has 0 atom stereocenters. The molecular formula is C18H24IN3O3. The van der Waals surface area contributed by atoms with E-state index in [9.17, 15) is 0 Å². The highest BCUT2D eigenvalue weighted by Gasteiger charge is 2.11. The molecule has 0 aromatic heterocycles. The first-order valence-corrected chi connectivity index (χ1v) is 7.50. The van der Waals surface area contributed by atoms with E-state index in [0.29, 0.717) is 29.8 Å². The van der Waals surface area contributed by atoms with Crippen molar-refractivity contribution in [1.29, 1.82) is 0 Å². The summed E-state index contributed by atoms with van der Waals surface area (Å²) in [5.74, 6) is 2.22. The minimum Gasteiger partial charge on any atom is -0.496 e. The molecule has 0 aliphatic rings. The molecule has 0 saturated heterocycles. The second kappa shape index (κ2) is 9.97. The lowest BCUT2D eigenvalue weighted by Crippen LogP contribution is -2.22. The van der Waals surface area contributed by atoms with Crippen LogP contribution >= 0.6 is 24.0 Å². The highest BCUT2D eigenvalue weighted by molar-refractivity contribution is 14.0.